The van der Waals surface area contributed by atoms with Gasteiger partial charge in [-0.05, 0) is 24.1 Å². The normalized spacial score (nSPS) is 10.5. The maximum atomic E-state index is 11.6. The Morgan fingerprint density at radius 2 is 1.75 bits per heavy atom. The highest BCUT2D eigenvalue weighted by molar-refractivity contribution is 5.89. The van der Waals surface area contributed by atoms with Gasteiger partial charge in [0.05, 0.1) is 38.6 Å². The highest BCUT2D eigenvalue weighted by Crippen LogP contribution is 2.07. The third-order valence-electron chi connectivity index (χ3n) is 2.53. The lowest BCUT2D eigenvalue weighted by Crippen LogP contribution is -2.12. The zero-order valence-corrected chi connectivity index (χ0v) is 12.0. The standard InChI is InChI=1S/C15H23NO4/c1-2-8-20-15(17)14-5-3-13(4-6-14)12-19-11-10-18-9-7-16/h3-6H,2,7-12,16H2,1H3. The van der Waals surface area contributed by atoms with Gasteiger partial charge in [-0.25, -0.2) is 4.79 Å². The Balaban J connectivity index is 2.26. The summed E-state index contributed by atoms with van der Waals surface area (Å²) in [5.41, 5.74) is 6.87. The van der Waals surface area contributed by atoms with Crippen LogP contribution in [0, 0.1) is 0 Å². The molecule has 1 rings (SSSR count). The van der Waals surface area contributed by atoms with Crippen molar-refractivity contribution in [3.8, 4) is 0 Å². The maximum Gasteiger partial charge on any atom is 0.338 e. The Bertz CT molecular complexity index is 378. The molecule has 0 unspecified atom stereocenters. The van der Waals surface area contributed by atoms with Crippen LogP contribution in [0.25, 0.3) is 0 Å². The third-order valence-corrected chi connectivity index (χ3v) is 2.53. The van der Waals surface area contributed by atoms with Crippen LogP contribution in [-0.4, -0.2) is 38.9 Å². The van der Waals surface area contributed by atoms with E-state index in [1.807, 2.05) is 19.1 Å². The van der Waals surface area contributed by atoms with Gasteiger partial charge in [0.2, 0.25) is 0 Å². The number of nitrogens with two attached hydrogens (primary N) is 1. The first kappa shape index (κ1) is 16.6. The van der Waals surface area contributed by atoms with Crippen molar-refractivity contribution >= 4 is 5.97 Å². The SMILES string of the molecule is CCCOC(=O)c1ccc(COCCOCCN)cc1. The molecule has 0 aliphatic heterocycles. The quantitative estimate of drug-likeness (QED) is 0.522. The van der Waals surface area contributed by atoms with Gasteiger partial charge in [0.1, 0.15) is 0 Å². The number of esters is 1. The molecule has 0 atom stereocenters. The van der Waals surface area contributed by atoms with Gasteiger partial charge in [-0.3, -0.25) is 0 Å². The maximum absolute atomic E-state index is 11.6. The summed E-state index contributed by atoms with van der Waals surface area (Å²) < 4.78 is 15.7. The van der Waals surface area contributed by atoms with Crippen molar-refractivity contribution < 1.29 is 19.0 Å². The molecule has 0 saturated heterocycles. The van der Waals surface area contributed by atoms with E-state index in [1.54, 1.807) is 12.1 Å². The number of carbonyl (C=O) groups excluding carboxylic acids is 1. The van der Waals surface area contributed by atoms with Crippen LogP contribution in [0.4, 0.5) is 0 Å². The van der Waals surface area contributed by atoms with Crippen LogP contribution in [0.15, 0.2) is 24.3 Å². The highest BCUT2D eigenvalue weighted by atomic mass is 16.5. The minimum Gasteiger partial charge on any atom is -0.462 e. The van der Waals surface area contributed by atoms with Gasteiger partial charge in [-0.2, -0.15) is 0 Å². The van der Waals surface area contributed by atoms with E-state index in [-0.39, 0.29) is 5.97 Å². The molecule has 5 nitrogen and oxygen atoms in total. The second-order valence-electron chi connectivity index (χ2n) is 4.29. The molecule has 0 radical (unpaired) electrons. The molecule has 20 heavy (non-hydrogen) atoms. The van der Waals surface area contributed by atoms with Crippen LogP contribution in [0.3, 0.4) is 0 Å². The first-order chi connectivity index (χ1) is 9.77. The molecule has 0 fully saturated rings. The summed E-state index contributed by atoms with van der Waals surface area (Å²) in [5, 5.41) is 0. The number of hydrogen-bond donors (Lipinski definition) is 1. The number of rotatable bonds is 10. The van der Waals surface area contributed by atoms with Gasteiger partial charge in [-0.1, -0.05) is 19.1 Å². The number of carbonyl (C=O) groups is 1. The third kappa shape index (κ3) is 6.65. The summed E-state index contributed by atoms with van der Waals surface area (Å²) in [6.07, 6.45) is 0.823. The summed E-state index contributed by atoms with van der Waals surface area (Å²) >= 11 is 0. The zero-order chi connectivity index (χ0) is 14.6. The Kier molecular flexibility index (Phi) is 8.62. The van der Waals surface area contributed by atoms with Gasteiger partial charge in [0.25, 0.3) is 0 Å². The van der Waals surface area contributed by atoms with Gasteiger partial charge < -0.3 is 19.9 Å². The Labute approximate surface area is 120 Å². The molecule has 1 aromatic carbocycles. The van der Waals surface area contributed by atoms with Gasteiger partial charge in [0.15, 0.2) is 0 Å². The van der Waals surface area contributed by atoms with E-state index in [1.165, 1.54) is 0 Å². The van der Waals surface area contributed by atoms with Crippen molar-refractivity contribution in [2.45, 2.75) is 20.0 Å². The van der Waals surface area contributed by atoms with E-state index in [0.717, 1.165) is 12.0 Å². The molecular formula is C15H23NO4. The topological polar surface area (TPSA) is 70.8 Å². The molecule has 0 aromatic heterocycles. The Hall–Kier alpha value is -1.43. The lowest BCUT2D eigenvalue weighted by molar-refractivity contribution is 0.0433. The molecule has 112 valence electrons. The lowest BCUT2D eigenvalue weighted by atomic mass is 10.1. The monoisotopic (exact) mass is 281 g/mol. The summed E-state index contributed by atoms with van der Waals surface area (Å²) in [6.45, 7) is 5.06. The summed E-state index contributed by atoms with van der Waals surface area (Å²) in [4.78, 5) is 11.6. The van der Waals surface area contributed by atoms with Crippen molar-refractivity contribution in [2.24, 2.45) is 5.73 Å². The van der Waals surface area contributed by atoms with E-state index in [4.69, 9.17) is 19.9 Å². The minimum atomic E-state index is -0.283. The van der Waals surface area contributed by atoms with Gasteiger partial charge in [-0.15, -0.1) is 0 Å². The summed E-state index contributed by atoms with van der Waals surface area (Å²) in [7, 11) is 0. The lowest BCUT2D eigenvalue weighted by Gasteiger charge is -2.06. The van der Waals surface area contributed by atoms with E-state index < -0.39 is 0 Å². The molecule has 2 N–H and O–H groups in total. The average Bonchev–Trinajstić information content (AvgIpc) is 2.49. The molecule has 0 heterocycles. The van der Waals surface area contributed by atoms with Crippen molar-refractivity contribution in [3.63, 3.8) is 0 Å². The van der Waals surface area contributed by atoms with Crippen LogP contribution in [0.2, 0.25) is 0 Å². The predicted molar refractivity (Wildman–Crippen MR) is 76.5 cm³/mol. The minimum absolute atomic E-state index is 0.283. The molecular weight excluding hydrogens is 258 g/mol. The fraction of sp³-hybridized carbons (Fsp3) is 0.533. The van der Waals surface area contributed by atoms with Crippen LogP contribution < -0.4 is 5.73 Å². The second-order valence-corrected chi connectivity index (χ2v) is 4.29. The smallest absolute Gasteiger partial charge is 0.338 e. The zero-order valence-electron chi connectivity index (χ0n) is 12.0. The second kappa shape index (κ2) is 10.4. The summed E-state index contributed by atoms with van der Waals surface area (Å²) in [5.74, 6) is -0.283. The number of hydrogen-bond acceptors (Lipinski definition) is 5. The molecule has 0 spiro atoms. The molecule has 0 bridgehead atoms. The van der Waals surface area contributed by atoms with Crippen molar-refractivity contribution in [1.82, 2.24) is 0 Å². The average molecular weight is 281 g/mol. The summed E-state index contributed by atoms with van der Waals surface area (Å²) in [6, 6.07) is 7.23. The highest BCUT2D eigenvalue weighted by Gasteiger charge is 2.05. The van der Waals surface area contributed by atoms with Crippen molar-refractivity contribution in [3.05, 3.63) is 35.4 Å². The van der Waals surface area contributed by atoms with E-state index in [9.17, 15) is 4.79 Å². The Morgan fingerprint density at radius 1 is 1.05 bits per heavy atom. The van der Waals surface area contributed by atoms with Crippen molar-refractivity contribution in [1.29, 1.82) is 0 Å². The first-order valence-electron chi connectivity index (χ1n) is 6.89. The van der Waals surface area contributed by atoms with Gasteiger partial charge in [0, 0.05) is 6.54 Å². The van der Waals surface area contributed by atoms with E-state index >= 15 is 0 Å². The largest absolute Gasteiger partial charge is 0.462 e. The number of ether oxygens (including phenoxy) is 3. The van der Waals surface area contributed by atoms with Gasteiger partial charge >= 0.3 is 5.97 Å². The first-order valence-corrected chi connectivity index (χ1v) is 6.89. The molecule has 5 heteroatoms. The molecule has 0 aliphatic rings. The predicted octanol–water partition coefficient (Wildman–Crippen LogP) is 1.75. The fourth-order valence-corrected chi connectivity index (χ4v) is 1.51. The van der Waals surface area contributed by atoms with Crippen LogP contribution in [0.1, 0.15) is 29.3 Å². The van der Waals surface area contributed by atoms with E-state index in [0.29, 0.717) is 45.1 Å². The van der Waals surface area contributed by atoms with Crippen LogP contribution >= 0.6 is 0 Å². The number of benzene rings is 1. The molecule has 1 aromatic rings. The molecule has 0 amide bonds. The van der Waals surface area contributed by atoms with E-state index in [2.05, 4.69) is 0 Å². The fourth-order valence-electron chi connectivity index (χ4n) is 1.51. The van der Waals surface area contributed by atoms with Crippen LogP contribution in [-0.2, 0) is 20.8 Å². The van der Waals surface area contributed by atoms with Crippen molar-refractivity contribution in [2.75, 3.05) is 33.0 Å². The van der Waals surface area contributed by atoms with Crippen LogP contribution in [0.5, 0.6) is 0 Å². The Morgan fingerprint density at radius 3 is 2.40 bits per heavy atom. The molecule has 0 saturated carbocycles. The molecule has 0 aliphatic carbocycles.